The molecule has 0 atom stereocenters. The van der Waals surface area contributed by atoms with Crippen molar-refractivity contribution in [2.45, 2.75) is 6.92 Å². The van der Waals surface area contributed by atoms with Crippen molar-refractivity contribution in [2.75, 3.05) is 25.3 Å². The van der Waals surface area contributed by atoms with Gasteiger partial charge in [0.15, 0.2) is 11.5 Å². The van der Waals surface area contributed by atoms with Crippen LogP contribution < -0.4 is 20.5 Å². The third-order valence-corrected chi connectivity index (χ3v) is 3.81. The normalized spacial score (nSPS) is 10.4. The molecule has 0 saturated heterocycles. The van der Waals surface area contributed by atoms with Crippen molar-refractivity contribution in [1.82, 2.24) is 15.0 Å². The first-order chi connectivity index (χ1) is 12.5. The zero-order valence-corrected chi connectivity index (χ0v) is 14.7. The van der Waals surface area contributed by atoms with Crippen LogP contribution in [0.25, 0.3) is 5.69 Å². The summed E-state index contributed by atoms with van der Waals surface area (Å²) < 4.78 is 11.8. The van der Waals surface area contributed by atoms with E-state index in [2.05, 4.69) is 15.6 Å². The Morgan fingerprint density at radius 2 is 1.69 bits per heavy atom. The Morgan fingerprint density at radius 1 is 1.08 bits per heavy atom. The lowest BCUT2D eigenvalue weighted by molar-refractivity contribution is 0.102. The van der Waals surface area contributed by atoms with Crippen LogP contribution in [-0.4, -0.2) is 35.1 Å². The monoisotopic (exact) mass is 353 g/mol. The van der Waals surface area contributed by atoms with E-state index >= 15 is 0 Å². The van der Waals surface area contributed by atoms with E-state index in [1.54, 1.807) is 18.2 Å². The van der Waals surface area contributed by atoms with Gasteiger partial charge in [-0.1, -0.05) is 22.9 Å². The summed E-state index contributed by atoms with van der Waals surface area (Å²) in [5.74, 6) is 0.782. The highest BCUT2D eigenvalue weighted by molar-refractivity contribution is 6.06. The van der Waals surface area contributed by atoms with Crippen LogP contribution in [0.1, 0.15) is 16.1 Å². The number of nitrogen functional groups attached to an aromatic ring is 1. The summed E-state index contributed by atoms with van der Waals surface area (Å²) in [6.07, 6.45) is 0. The highest BCUT2D eigenvalue weighted by atomic mass is 16.5. The zero-order chi connectivity index (χ0) is 18.7. The van der Waals surface area contributed by atoms with Gasteiger partial charge in [-0.05, 0) is 19.1 Å². The quantitative estimate of drug-likeness (QED) is 0.730. The number of ether oxygens (including phenoxy) is 2. The maximum atomic E-state index is 12.5. The molecule has 1 aromatic heterocycles. The summed E-state index contributed by atoms with van der Waals surface area (Å²) >= 11 is 0. The number of methoxy groups -OCH3 is 2. The molecule has 1 heterocycles. The van der Waals surface area contributed by atoms with Crippen molar-refractivity contribution in [1.29, 1.82) is 0 Å². The fourth-order valence-electron chi connectivity index (χ4n) is 2.40. The van der Waals surface area contributed by atoms with E-state index < -0.39 is 5.91 Å². The van der Waals surface area contributed by atoms with Gasteiger partial charge < -0.3 is 20.5 Å². The molecular formula is C18H19N5O3. The maximum Gasteiger partial charge on any atom is 0.280 e. The smallest absolute Gasteiger partial charge is 0.280 e. The van der Waals surface area contributed by atoms with E-state index in [0.717, 1.165) is 11.3 Å². The van der Waals surface area contributed by atoms with Crippen LogP contribution >= 0.6 is 0 Å². The molecule has 3 aromatic rings. The second-order valence-electron chi connectivity index (χ2n) is 5.63. The Bertz CT molecular complexity index is 912. The number of nitrogens with zero attached hydrogens (tertiary/aromatic N) is 3. The van der Waals surface area contributed by atoms with Gasteiger partial charge in [-0.15, -0.1) is 5.10 Å². The van der Waals surface area contributed by atoms with Crippen molar-refractivity contribution in [3.63, 3.8) is 0 Å². The first kappa shape index (κ1) is 17.3. The molecule has 0 spiro atoms. The molecular weight excluding hydrogens is 334 g/mol. The van der Waals surface area contributed by atoms with Crippen LogP contribution in [0.3, 0.4) is 0 Å². The van der Waals surface area contributed by atoms with Gasteiger partial charge in [0, 0.05) is 23.9 Å². The van der Waals surface area contributed by atoms with Crippen LogP contribution in [0.5, 0.6) is 11.5 Å². The third kappa shape index (κ3) is 3.44. The van der Waals surface area contributed by atoms with Crippen molar-refractivity contribution in [3.05, 3.63) is 53.7 Å². The summed E-state index contributed by atoms with van der Waals surface area (Å²) in [7, 11) is 3.07. The number of hydrogen-bond donors (Lipinski definition) is 2. The molecule has 0 aliphatic carbocycles. The Morgan fingerprint density at radius 3 is 2.27 bits per heavy atom. The van der Waals surface area contributed by atoms with Crippen molar-refractivity contribution in [3.8, 4) is 17.2 Å². The highest BCUT2D eigenvalue weighted by Crippen LogP contribution is 2.26. The number of aryl methyl sites for hydroxylation is 1. The third-order valence-electron chi connectivity index (χ3n) is 3.81. The molecule has 0 unspecified atom stereocenters. The Kier molecular flexibility index (Phi) is 4.74. The van der Waals surface area contributed by atoms with Gasteiger partial charge in [-0.3, -0.25) is 4.79 Å². The Labute approximate surface area is 150 Å². The number of benzene rings is 2. The van der Waals surface area contributed by atoms with E-state index in [1.807, 2.05) is 31.2 Å². The second kappa shape index (κ2) is 7.14. The Balaban J connectivity index is 1.86. The predicted octanol–water partition coefficient (Wildman–Crippen LogP) is 2.43. The minimum absolute atomic E-state index is 0.0346. The number of amides is 1. The fraction of sp³-hybridized carbons (Fsp3) is 0.167. The number of hydrogen-bond acceptors (Lipinski definition) is 6. The number of carbonyl (C=O) groups is 1. The Hall–Kier alpha value is -3.55. The summed E-state index contributed by atoms with van der Waals surface area (Å²) in [4.78, 5) is 12.5. The molecule has 3 rings (SSSR count). The summed E-state index contributed by atoms with van der Waals surface area (Å²) in [5.41, 5.74) is 8.43. The average molecular weight is 353 g/mol. The predicted molar refractivity (Wildman–Crippen MR) is 98.0 cm³/mol. The lowest BCUT2D eigenvalue weighted by atomic mass is 10.2. The number of nitrogens with two attached hydrogens (primary N) is 1. The second-order valence-corrected chi connectivity index (χ2v) is 5.63. The van der Waals surface area contributed by atoms with Gasteiger partial charge >= 0.3 is 0 Å². The molecule has 3 N–H and O–H groups in total. The fourth-order valence-corrected chi connectivity index (χ4v) is 2.40. The molecule has 8 heteroatoms. The van der Waals surface area contributed by atoms with Crippen LogP contribution in [-0.2, 0) is 0 Å². The number of aromatic nitrogens is 3. The molecule has 134 valence electrons. The van der Waals surface area contributed by atoms with Gasteiger partial charge in [-0.25, -0.2) is 0 Å². The molecule has 8 nitrogen and oxygen atoms in total. The summed E-state index contributed by atoms with van der Waals surface area (Å²) in [5, 5.41) is 10.6. The van der Waals surface area contributed by atoms with E-state index in [-0.39, 0.29) is 11.5 Å². The van der Waals surface area contributed by atoms with E-state index in [4.69, 9.17) is 15.2 Å². The molecule has 2 aromatic carbocycles. The van der Waals surface area contributed by atoms with Crippen molar-refractivity contribution >= 4 is 17.4 Å². The number of carbonyl (C=O) groups excluding carboxylic acids is 1. The first-order valence-electron chi connectivity index (χ1n) is 7.84. The van der Waals surface area contributed by atoms with Gasteiger partial charge in [0.25, 0.3) is 5.91 Å². The zero-order valence-electron chi connectivity index (χ0n) is 14.7. The first-order valence-corrected chi connectivity index (χ1v) is 7.84. The molecule has 0 saturated carbocycles. The van der Waals surface area contributed by atoms with Crippen LogP contribution in [0, 0.1) is 6.92 Å². The highest BCUT2D eigenvalue weighted by Gasteiger charge is 2.19. The molecule has 0 radical (unpaired) electrons. The van der Waals surface area contributed by atoms with Crippen LogP contribution in [0.15, 0.2) is 42.5 Å². The minimum atomic E-state index is -0.476. The van der Waals surface area contributed by atoms with Crippen molar-refractivity contribution in [2.24, 2.45) is 0 Å². The molecule has 0 bridgehead atoms. The van der Waals surface area contributed by atoms with Gasteiger partial charge in [0.05, 0.1) is 19.9 Å². The van der Waals surface area contributed by atoms with E-state index in [0.29, 0.717) is 17.2 Å². The van der Waals surface area contributed by atoms with Gasteiger partial charge in [0.1, 0.15) is 11.5 Å². The average Bonchev–Trinajstić information content (AvgIpc) is 3.03. The molecule has 0 fully saturated rings. The van der Waals surface area contributed by atoms with E-state index in [9.17, 15) is 4.79 Å². The number of anilines is 2. The van der Waals surface area contributed by atoms with Gasteiger partial charge in [-0.2, -0.15) is 4.68 Å². The van der Waals surface area contributed by atoms with E-state index in [1.165, 1.54) is 18.9 Å². The number of nitrogens with one attached hydrogen (secondary N) is 1. The maximum absolute atomic E-state index is 12.5. The number of rotatable bonds is 5. The van der Waals surface area contributed by atoms with Gasteiger partial charge in [0.2, 0.25) is 0 Å². The lowest BCUT2D eigenvalue weighted by Gasteiger charge is -2.09. The topological polar surface area (TPSA) is 104 Å². The molecule has 1 amide bonds. The minimum Gasteiger partial charge on any atom is -0.497 e. The largest absolute Gasteiger partial charge is 0.497 e. The van der Waals surface area contributed by atoms with Crippen LogP contribution in [0.4, 0.5) is 11.5 Å². The SMILES string of the molecule is COc1cc(NC(=O)c2nnn(-c3ccc(C)cc3)c2N)cc(OC)c1. The van der Waals surface area contributed by atoms with Crippen molar-refractivity contribution < 1.29 is 14.3 Å². The lowest BCUT2D eigenvalue weighted by Crippen LogP contribution is -2.15. The molecule has 0 aliphatic rings. The molecule has 26 heavy (non-hydrogen) atoms. The standard InChI is InChI=1S/C18H19N5O3/c1-11-4-6-13(7-5-11)23-17(19)16(21-22-23)18(24)20-12-8-14(25-2)10-15(9-12)26-3/h4-10H,19H2,1-3H3,(H,20,24). The molecule has 0 aliphatic heterocycles. The summed E-state index contributed by atoms with van der Waals surface area (Å²) in [6.45, 7) is 1.98. The summed E-state index contributed by atoms with van der Waals surface area (Å²) in [6, 6.07) is 12.6. The van der Waals surface area contributed by atoms with Crippen LogP contribution in [0.2, 0.25) is 0 Å².